The van der Waals surface area contributed by atoms with Crippen molar-refractivity contribution in [2.45, 2.75) is 40.0 Å². The Hall–Kier alpha value is -1.36. The number of nitrogens with one attached hydrogen (secondary N) is 1. The van der Waals surface area contributed by atoms with Crippen LogP contribution < -0.4 is 0 Å². The highest BCUT2D eigenvalue weighted by Gasteiger charge is 2.20. The summed E-state index contributed by atoms with van der Waals surface area (Å²) in [5, 5.41) is 16.0. The molecule has 0 fully saturated rings. The fourth-order valence-corrected chi connectivity index (χ4v) is 2.36. The second-order valence-corrected chi connectivity index (χ2v) is 4.65. The Kier molecular flexibility index (Phi) is 5.34. The minimum absolute atomic E-state index is 0.0116. The minimum atomic E-state index is 0.0116. The van der Waals surface area contributed by atoms with Crippen molar-refractivity contribution in [1.29, 1.82) is 0 Å². The average Bonchev–Trinajstić information content (AvgIpc) is 2.65. The van der Waals surface area contributed by atoms with E-state index in [1.165, 1.54) is 0 Å². The Morgan fingerprint density at radius 2 is 2.17 bits per heavy atom. The summed E-state index contributed by atoms with van der Waals surface area (Å²) < 4.78 is 0. The number of hydrogen-bond donors (Lipinski definition) is 2. The van der Waals surface area contributed by atoms with Crippen LogP contribution in [0, 0.1) is 13.8 Å². The van der Waals surface area contributed by atoms with E-state index in [2.05, 4.69) is 10.2 Å². The summed E-state index contributed by atoms with van der Waals surface area (Å²) in [6.07, 6.45) is 0.453. The lowest BCUT2D eigenvalue weighted by molar-refractivity contribution is -0.131. The molecule has 0 spiro atoms. The normalized spacial score (nSPS) is 12.5. The van der Waals surface area contributed by atoms with Gasteiger partial charge in [0, 0.05) is 25.2 Å². The van der Waals surface area contributed by atoms with Crippen molar-refractivity contribution < 1.29 is 9.90 Å². The fourth-order valence-electron chi connectivity index (χ4n) is 2.36. The molecular formula is C13H23N3O2. The molecule has 1 aromatic rings. The van der Waals surface area contributed by atoms with Gasteiger partial charge in [0.1, 0.15) is 0 Å². The molecule has 102 valence electrons. The molecule has 5 heteroatoms. The molecule has 0 bridgehead atoms. The second kappa shape index (κ2) is 6.54. The smallest absolute Gasteiger partial charge is 0.223 e. The molecule has 0 aromatic carbocycles. The molecule has 0 aliphatic heterocycles. The van der Waals surface area contributed by atoms with Gasteiger partial charge in [-0.2, -0.15) is 5.10 Å². The maximum absolute atomic E-state index is 12.1. The summed E-state index contributed by atoms with van der Waals surface area (Å²) in [5.74, 6) is 0.225. The number of rotatable bonds is 6. The third-order valence-corrected chi connectivity index (χ3v) is 3.26. The zero-order chi connectivity index (χ0) is 13.7. The van der Waals surface area contributed by atoms with Gasteiger partial charge in [-0.1, -0.05) is 6.92 Å². The van der Waals surface area contributed by atoms with Crippen molar-refractivity contribution in [3.63, 3.8) is 0 Å². The number of aliphatic hydroxyl groups is 1. The molecule has 1 unspecified atom stereocenters. The minimum Gasteiger partial charge on any atom is -0.395 e. The van der Waals surface area contributed by atoms with E-state index in [9.17, 15) is 4.79 Å². The topological polar surface area (TPSA) is 69.2 Å². The summed E-state index contributed by atoms with van der Waals surface area (Å²) >= 11 is 0. The third-order valence-electron chi connectivity index (χ3n) is 3.26. The van der Waals surface area contributed by atoms with Gasteiger partial charge in [0.2, 0.25) is 5.91 Å². The van der Waals surface area contributed by atoms with E-state index in [0.717, 1.165) is 17.0 Å². The first kappa shape index (κ1) is 14.7. The number of nitrogens with zero attached hydrogens (tertiary/aromatic N) is 2. The number of aryl methyl sites for hydroxylation is 2. The molecule has 5 nitrogen and oxygen atoms in total. The maximum Gasteiger partial charge on any atom is 0.223 e. The van der Waals surface area contributed by atoms with Crippen LogP contribution >= 0.6 is 0 Å². The quantitative estimate of drug-likeness (QED) is 0.804. The molecule has 0 aliphatic rings. The van der Waals surface area contributed by atoms with Gasteiger partial charge >= 0.3 is 0 Å². The molecule has 1 amide bonds. The van der Waals surface area contributed by atoms with Gasteiger partial charge in [0.05, 0.1) is 12.3 Å². The fraction of sp³-hybridized carbons (Fsp3) is 0.692. The van der Waals surface area contributed by atoms with E-state index < -0.39 is 0 Å². The first-order valence-corrected chi connectivity index (χ1v) is 6.41. The molecule has 0 saturated carbocycles. The molecule has 2 N–H and O–H groups in total. The van der Waals surface area contributed by atoms with Gasteiger partial charge in [-0.15, -0.1) is 0 Å². The summed E-state index contributed by atoms with van der Waals surface area (Å²) in [4.78, 5) is 13.8. The van der Waals surface area contributed by atoms with Crippen LogP contribution in [-0.4, -0.2) is 45.8 Å². The summed E-state index contributed by atoms with van der Waals surface area (Å²) in [5.41, 5.74) is 3.11. The number of aromatic amines is 1. The van der Waals surface area contributed by atoms with Gasteiger partial charge in [-0.05, 0) is 32.3 Å². The number of likely N-dealkylation sites (N-methyl/N-ethyl adjacent to an activating group) is 1. The third kappa shape index (κ3) is 3.32. The van der Waals surface area contributed by atoms with Crippen LogP contribution in [0.5, 0.6) is 0 Å². The van der Waals surface area contributed by atoms with E-state index >= 15 is 0 Å². The van der Waals surface area contributed by atoms with Crippen molar-refractivity contribution in [2.75, 3.05) is 19.7 Å². The van der Waals surface area contributed by atoms with E-state index in [4.69, 9.17) is 5.11 Å². The van der Waals surface area contributed by atoms with Crippen molar-refractivity contribution in [3.05, 3.63) is 17.0 Å². The molecule has 1 heterocycles. The van der Waals surface area contributed by atoms with Gasteiger partial charge in [0.25, 0.3) is 0 Å². The van der Waals surface area contributed by atoms with E-state index in [1.54, 1.807) is 4.90 Å². The Bertz CT molecular complexity index is 381. The van der Waals surface area contributed by atoms with Crippen LogP contribution in [0.4, 0.5) is 0 Å². The number of H-pyrrole nitrogens is 1. The highest BCUT2D eigenvalue weighted by molar-refractivity contribution is 5.77. The molecule has 18 heavy (non-hydrogen) atoms. The molecule has 0 saturated heterocycles. The SMILES string of the molecule is CCN(CCO)C(=O)CC(C)c1c(C)n[nH]c1C. The molecular weight excluding hydrogens is 230 g/mol. The van der Waals surface area contributed by atoms with Crippen molar-refractivity contribution in [3.8, 4) is 0 Å². The Morgan fingerprint density at radius 1 is 1.50 bits per heavy atom. The number of aliphatic hydroxyl groups excluding tert-OH is 1. The monoisotopic (exact) mass is 253 g/mol. The maximum atomic E-state index is 12.1. The summed E-state index contributed by atoms with van der Waals surface area (Å²) in [6.45, 7) is 8.94. The number of hydrogen-bond acceptors (Lipinski definition) is 3. The van der Waals surface area contributed by atoms with Crippen LogP contribution in [0.1, 0.15) is 43.1 Å². The number of carbonyl (C=O) groups is 1. The van der Waals surface area contributed by atoms with Crippen molar-refractivity contribution in [2.24, 2.45) is 0 Å². The highest BCUT2D eigenvalue weighted by atomic mass is 16.3. The molecule has 1 rings (SSSR count). The van der Waals surface area contributed by atoms with Gasteiger partial charge in [-0.3, -0.25) is 9.89 Å². The van der Waals surface area contributed by atoms with E-state index in [-0.39, 0.29) is 18.4 Å². The lowest BCUT2D eigenvalue weighted by atomic mass is 9.95. The summed E-state index contributed by atoms with van der Waals surface area (Å²) in [7, 11) is 0. The summed E-state index contributed by atoms with van der Waals surface area (Å²) in [6, 6.07) is 0. The molecule has 1 atom stereocenters. The lowest BCUT2D eigenvalue weighted by Crippen LogP contribution is -2.34. The van der Waals surface area contributed by atoms with Crippen molar-refractivity contribution in [1.82, 2.24) is 15.1 Å². The van der Waals surface area contributed by atoms with E-state index in [1.807, 2.05) is 27.7 Å². The van der Waals surface area contributed by atoms with Crippen LogP contribution in [0.3, 0.4) is 0 Å². The molecule has 0 radical (unpaired) electrons. The zero-order valence-corrected chi connectivity index (χ0v) is 11.7. The predicted molar refractivity (Wildman–Crippen MR) is 70.4 cm³/mol. The van der Waals surface area contributed by atoms with Gasteiger partial charge < -0.3 is 10.0 Å². The Morgan fingerprint density at radius 3 is 2.61 bits per heavy atom. The number of carbonyl (C=O) groups excluding carboxylic acids is 1. The lowest BCUT2D eigenvalue weighted by Gasteiger charge is -2.22. The van der Waals surface area contributed by atoms with Gasteiger partial charge in [0.15, 0.2) is 0 Å². The second-order valence-electron chi connectivity index (χ2n) is 4.65. The highest BCUT2D eigenvalue weighted by Crippen LogP contribution is 2.24. The number of aromatic nitrogens is 2. The zero-order valence-electron chi connectivity index (χ0n) is 11.7. The molecule has 1 aromatic heterocycles. The van der Waals surface area contributed by atoms with Crippen LogP contribution in [0.15, 0.2) is 0 Å². The van der Waals surface area contributed by atoms with Crippen LogP contribution in [0.2, 0.25) is 0 Å². The first-order valence-electron chi connectivity index (χ1n) is 6.41. The number of amides is 1. The van der Waals surface area contributed by atoms with Crippen LogP contribution in [-0.2, 0) is 4.79 Å². The first-order chi connectivity index (χ1) is 8.51. The largest absolute Gasteiger partial charge is 0.395 e. The Labute approximate surface area is 108 Å². The van der Waals surface area contributed by atoms with Crippen molar-refractivity contribution >= 4 is 5.91 Å². The van der Waals surface area contributed by atoms with E-state index in [0.29, 0.717) is 19.5 Å². The standard InChI is InChI=1S/C13H23N3O2/c1-5-16(6-7-17)12(18)8-9(2)13-10(3)14-15-11(13)4/h9,17H,5-8H2,1-4H3,(H,14,15). The van der Waals surface area contributed by atoms with Crippen LogP contribution in [0.25, 0.3) is 0 Å². The predicted octanol–water partition coefficient (Wildman–Crippen LogP) is 1.36. The molecule has 0 aliphatic carbocycles. The average molecular weight is 253 g/mol. The Balaban J connectivity index is 2.70. The van der Waals surface area contributed by atoms with Gasteiger partial charge in [-0.25, -0.2) is 0 Å².